The van der Waals surface area contributed by atoms with E-state index >= 15 is 0 Å². The number of nitrogen functional groups attached to an aromatic ring is 1. The smallest absolute Gasteiger partial charge is 0.255 e. The largest absolute Gasteiger partial charge is 0.399 e. The van der Waals surface area contributed by atoms with Gasteiger partial charge in [0.15, 0.2) is 0 Å². The molecule has 1 aromatic rings. The molecule has 0 aliphatic heterocycles. The molecule has 0 spiro atoms. The Morgan fingerprint density at radius 2 is 2.20 bits per heavy atom. The fraction of sp³-hybridized carbons (Fsp3) is 0.364. The Bertz CT molecular complexity index is 366. The van der Waals surface area contributed by atoms with Crippen LogP contribution in [0.2, 0.25) is 5.02 Å². The molecule has 0 unspecified atom stereocenters. The van der Waals surface area contributed by atoms with Gasteiger partial charge < -0.3 is 10.6 Å². The Hall–Kier alpha value is -1.22. The number of carbonyl (C=O) groups excluding carboxylic acids is 1. The molecule has 0 atom stereocenters. The van der Waals surface area contributed by atoms with Crippen LogP contribution >= 0.6 is 11.6 Å². The summed E-state index contributed by atoms with van der Waals surface area (Å²) in [5.41, 5.74) is 6.62. The lowest BCUT2D eigenvalue weighted by atomic mass is 10.1. The number of nitrogens with two attached hydrogens (primary N) is 1. The average molecular weight is 227 g/mol. The van der Waals surface area contributed by atoms with Crippen LogP contribution in [-0.2, 0) is 0 Å². The molecule has 2 N–H and O–H groups in total. The Morgan fingerprint density at radius 1 is 1.53 bits per heavy atom. The van der Waals surface area contributed by atoms with Gasteiger partial charge in [-0.2, -0.15) is 0 Å². The van der Waals surface area contributed by atoms with E-state index in [-0.39, 0.29) is 5.91 Å². The Kier molecular flexibility index (Phi) is 3.97. The van der Waals surface area contributed by atoms with Crippen LogP contribution in [0.25, 0.3) is 0 Å². The predicted molar refractivity (Wildman–Crippen MR) is 63.1 cm³/mol. The third-order valence-electron chi connectivity index (χ3n) is 2.13. The molecule has 0 aliphatic carbocycles. The SMILES string of the molecule is CCCN(C)C(=O)c1cc(N)ccc1Cl. The quantitative estimate of drug-likeness (QED) is 0.805. The third-order valence-corrected chi connectivity index (χ3v) is 2.46. The van der Waals surface area contributed by atoms with Crippen LogP contribution in [0.5, 0.6) is 0 Å². The summed E-state index contributed by atoms with van der Waals surface area (Å²) in [6, 6.07) is 4.93. The second-order valence-electron chi connectivity index (χ2n) is 3.47. The number of amides is 1. The number of hydrogen-bond donors (Lipinski definition) is 1. The molecule has 1 aromatic carbocycles. The molecule has 0 heterocycles. The molecule has 0 aromatic heterocycles. The van der Waals surface area contributed by atoms with E-state index < -0.39 is 0 Å². The zero-order valence-electron chi connectivity index (χ0n) is 8.96. The highest BCUT2D eigenvalue weighted by Crippen LogP contribution is 2.20. The Morgan fingerprint density at radius 3 is 2.80 bits per heavy atom. The molecule has 0 aliphatic rings. The molecule has 15 heavy (non-hydrogen) atoms. The summed E-state index contributed by atoms with van der Waals surface area (Å²) < 4.78 is 0. The topological polar surface area (TPSA) is 46.3 Å². The van der Waals surface area contributed by atoms with E-state index in [1.165, 1.54) is 0 Å². The van der Waals surface area contributed by atoms with E-state index in [9.17, 15) is 4.79 Å². The van der Waals surface area contributed by atoms with Crippen LogP contribution in [0, 0.1) is 0 Å². The fourth-order valence-corrected chi connectivity index (χ4v) is 1.55. The molecule has 0 saturated carbocycles. The van der Waals surface area contributed by atoms with Gasteiger partial charge >= 0.3 is 0 Å². The highest BCUT2D eigenvalue weighted by atomic mass is 35.5. The van der Waals surface area contributed by atoms with Crippen molar-refractivity contribution >= 4 is 23.2 Å². The molecule has 0 saturated heterocycles. The summed E-state index contributed by atoms with van der Waals surface area (Å²) in [5.74, 6) is -0.0887. The van der Waals surface area contributed by atoms with E-state index in [2.05, 4.69) is 0 Å². The molecular formula is C11H15ClN2O. The lowest BCUT2D eigenvalue weighted by Crippen LogP contribution is -2.27. The van der Waals surface area contributed by atoms with Crippen LogP contribution in [0.4, 0.5) is 5.69 Å². The number of hydrogen-bond acceptors (Lipinski definition) is 2. The van der Waals surface area contributed by atoms with E-state index in [0.29, 0.717) is 22.8 Å². The highest BCUT2D eigenvalue weighted by molar-refractivity contribution is 6.33. The van der Waals surface area contributed by atoms with Crippen molar-refractivity contribution in [3.8, 4) is 0 Å². The Balaban J connectivity index is 2.95. The number of rotatable bonds is 3. The number of halogens is 1. The maximum Gasteiger partial charge on any atom is 0.255 e. The monoisotopic (exact) mass is 226 g/mol. The van der Waals surface area contributed by atoms with Gasteiger partial charge in [0.2, 0.25) is 0 Å². The minimum Gasteiger partial charge on any atom is -0.399 e. The summed E-state index contributed by atoms with van der Waals surface area (Å²) in [4.78, 5) is 13.5. The van der Waals surface area contributed by atoms with Crippen LogP contribution in [-0.4, -0.2) is 24.4 Å². The second kappa shape index (κ2) is 5.03. The predicted octanol–water partition coefficient (Wildman–Crippen LogP) is 2.40. The molecule has 0 fully saturated rings. The number of anilines is 1. The first-order valence-electron chi connectivity index (χ1n) is 4.86. The molecule has 82 valence electrons. The lowest BCUT2D eigenvalue weighted by molar-refractivity contribution is 0.0795. The molecule has 1 amide bonds. The summed E-state index contributed by atoms with van der Waals surface area (Å²) in [7, 11) is 1.76. The maximum atomic E-state index is 11.9. The van der Waals surface area contributed by atoms with Crippen LogP contribution in [0.15, 0.2) is 18.2 Å². The zero-order valence-corrected chi connectivity index (χ0v) is 9.71. The maximum absolute atomic E-state index is 11.9. The number of nitrogens with zero attached hydrogens (tertiary/aromatic N) is 1. The van der Waals surface area contributed by atoms with Crippen molar-refractivity contribution in [3.63, 3.8) is 0 Å². The minimum absolute atomic E-state index is 0.0887. The molecule has 0 radical (unpaired) electrons. The first-order chi connectivity index (χ1) is 7.06. The molecule has 1 rings (SSSR count). The van der Waals surface area contributed by atoms with Crippen LogP contribution in [0.3, 0.4) is 0 Å². The van der Waals surface area contributed by atoms with Gasteiger partial charge in [-0.25, -0.2) is 0 Å². The zero-order chi connectivity index (χ0) is 11.4. The van der Waals surface area contributed by atoms with Crippen molar-refractivity contribution in [1.82, 2.24) is 4.90 Å². The van der Waals surface area contributed by atoms with E-state index in [1.54, 1.807) is 30.1 Å². The molecular weight excluding hydrogens is 212 g/mol. The Labute approximate surface area is 94.8 Å². The summed E-state index contributed by atoms with van der Waals surface area (Å²) in [5, 5.41) is 0.442. The fourth-order valence-electron chi connectivity index (χ4n) is 1.35. The standard InChI is InChI=1S/C11H15ClN2O/c1-3-6-14(2)11(15)9-7-8(13)4-5-10(9)12/h4-5,7H,3,6,13H2,1-2H3. The number of carbonyl (C=O) groups is 1. The summed E-state index contributed by atoms with van der Waals surface area (Å²) in [6.07, 6.45) is 0.919. The van der Waals surface area contributed by atoms with Gasteiger partial charge in [-0.1, -0.05) is 18.5 Å². The van der Waals surface area contributed by atoms with Crippen molar-refractivity contribution < 1.29 is 4.79 Å². The summed E-state index contributed by atoms with van der Waals surface area (Å²) in [6.45, 7) is 2.73. The van der Waals surface area contributed by atoms with Gasteiger partial charge in [-0.3, -0.25) is 4.79 Å². The van der Waals surface area contributed by atoms with Gasteiger partial charge in [0.25, 0.3) is 5.91 Å². The first-order valence-corrected chi connectivity index (χ1v) is 5.24. The highest BCUT2D eigenvalue weighted by Gasteiger charge is 2.14. The van der Waals surface area contributed by atoms with E-state index in [1.807, 2.05) is 6.92 Å². The van der Waals surface area contributed by atoms with Gasteiger partial charge in [0, 0.05) is 19.3 Å². The molecule has 3 nitrogen and oxygen atoms in total. The van der Waals surface area contributed by atoms with Gasteiger partial charge in [0.1, 0.15) is 0 Å². The normalized spacial score (nSPS) is 10.1. The third kappa shape index (κ3) is 2.86. The van der Waals surface area contributed by atoms with Crippen molar-refractivity contribution in [2.45, 2.75) is 13.3 Å². The summed E-state index contributed by atoms with van der Waals surface area (Å²) >= 11 is 5.93. The van der Waals surface area contributed by atoms with Crippen LogP contribution < -0.4 is 5.73 Å². The number of benzene rings is 1. The molecule has 0 bridgehead atoms. The van der Waals surface area contributed by atoms with Crippen molar-refractivity contribution in [3.05, 3.63) is 28.8 Å². The van der Waals surface area contributed by atoms with Gasteiger partial charge in [-0.15, -0.1) is 0 Å². The van der Waals surface area contributed by atoms with Gasteiger partial charge in [-0.05, 0) is 24.6 Å². The van der Waals surface area contributed by atoms with Crippen molar-refractivity contribution in [2.24, 2.45) is 0 Å². The van der Waals surface area contributed by atoms with Gasteiger partial charge in [0.05, 0.1) is 10.6 Å². The average Bonchev–Trinajstić information content (AvgIpc) is 2.21. The lowest BCUT2D eigenvalue weighted by Gasteiger charge is -2.16. The van der Waals surface area contributed by atoms with Crippen molar-refractivity contribution in [2.75, 3.05) is 19.3 Å². The molecule has 4 heteroatoms. The van der Waals surface area contributed by atoms with E-state index in [4.69, 9.17) is 17.3 Å². The first kappa shape index (κ1) is 11.9. The minimum atomic E-state index is -0.0887. The second-order valence-corrected chi connectivity index (χ2v) is 3.87. The van der Waals surface area contributed by atoms with E-state index in [0.717, 1.165) is 6.42 Å². The van der Waals surface area contributed by atoms with Crippen molar-refractivity contribution in [1.29, 1.82) is 0 Å². The van der Waals surface area contributed by atoms with Crippen LogP contribution in [0.1, 0.15) is 23.7 Å².